The number of imidazole rings is 1. The largest absolute Gasteiger partial charge is 0.342 e. The summed E-state index contributed by atoms with van der Waals surface area (Å²) in [4.78, 5) is 19.7. The maximum Gasteiger partial charge on any atom is 0.225 e. The second-order valence-corrected chi connectivity index (χ2v) is 10.6. The molecule has 2 fully saturated rings. The van der Waals surface area contributed by atoms with Crippen LogP contribution < -0.4 is 0 Å². The Morgan fingerprint density at radius 1 is 1.00 bits per heavy atom. The van der Waals surface area contributed by atoms with E-state index in [1.54, 1.807) is 0 Å². The minimum absolute atomic E-state index is 0.266. The Morgan fingerprint density at radius 2 is 1.81 bits per heavy atom. The lowest BCUT2D eigenvalue weighted by Crippen LogP contribution is -2.30. The highest BCUT2D eigenvalue weighted by Gasteiger charge is 2.36. The number of fused-ring (bicyclic) bond motifs is 2. The van der Waals surface area contributed by atoms with Gasteiger partial charge in [-0.25, -0.2) is 4.98 Å². The highest BCUT2D eigenvalue weighted by molar-refractivity contribution is 5.86. The zero-order valence-corrected chi connectivity index (χ0v) is 20.7. The molecule has 1 aromatic heterocycles. The average Bonchev–Trinajstić information content (AvgIpc) is 3.32. The van der Waals surface area contributed by atoms with Gasteiger partial charge < -0.3 is 9.47 Å². The molecule has 0 radical (unpaired) electrons. The van der Waals surface area contributed by atoms with Crippen molar-refractivity contribution in [2.75, 3.05) is 13.1 Å². The predicted molar refractivity (Wildman–Crippen MR) is 145 cm³/mol. The summed E-state index contributed by atoms with van der Waals surface area (Å²) in [6, 6.07) is 23.4. The molecule has 3 aliphatic rings. The van der Waals surface area contributed by atoms with Crippen LogP contribution in [-0.4, -0.2) is 33.4 Å². The Labute approximate surface area is 216 Å². The third-order valence-electron chi connectivity index (χ3n) is 8.12. The minimum Gasteiger partial charge on any atom is -0.342 e. The molecule has 7 rings (SSSR count). The van der Waals surface area contributed by atoms with Gasteiger partial charge in [0, 0.05) is 31.1 Å². The predicted octanol–water partition coefficient (Wildman–Crippen LogP) is 6.07. The summed E-state index contributed by atoms with van der Waals surface area (Å²) in [6.07, 6.45) is 8.52. The van der Waals surface area contributed by atoms with Gasteiger partial charge in [0.25, 0.3) is 0 Å². The molecule has 3 aromatic carbocycles. The fourth-order valence-corrected chi connectivity index (χ4v) is 5.91. The summed E-state index contributed by atoms with van der Waals surface area (Å²) in [5.74, 6) is 1.86. The van der Waals surface area contributed by atoms with E-state index < -0.39 is 0 Å². The fraction of sp³-hybridized carbons (Fsp3) is 0.281. The van der Waals surface area contributed by atoms with Crippen molar-refractivity contribution in [1.82, 2.24) is 14.5 Å². The van der Waals surface area contributed by atoms with Crippen molar-refractivity contribution in [2.24, 2.45) is 11.8 Å². The summed E-state index contributed by atoms with van der Waals surface area (Å²) >= 11 is 0. The van der Waals surface area contributed by atoms with E-state index in [0.717, 1.165) is 67.7 Å². The molecule has 0 N–H and O–H groups in total. The fourth-order valence-electron chi connectivity index (χ4n) is 5.91. The number of aromatic nitrogens is 2. The van der Waals surface area contributed by atoms with E-state index in [-0.39, 0.29) is 5.92 Å². The third-order valence-corrected chi connectivity index (χ3v) is 8.12. The van der Waals surface area contributed by atoms with E-state index >= 15 is 0 Å². The van der Waals surface area contributed by atoms with Gasteiger partial charge in [0.15, 0.2) is 0 Å². The van der Waals surface area contributed by atoms with Gasteiger partial charge in [-0.15, -0.1) is 0 Å². The Morgan fingerprint density at radius 3 is 2.62 bits per heavy atom. The van der Waals surface area contributed by atoms with Crippen molar-refractivity contribution in [1.29, 1.82) is 5.26 Å². The van der Waals surface area contributed by atoms with Gasteiger partial charge >= 0.3 is 0 Å². The molecule has 1 saturated heterocycles. The lowest BCUT2D eigenvalue weighted by Gasteiger charge is -2.18. The minimum atomic E-state index is 0.266. The smallest absolute Gasteiger partial charge is 0.225 e. The number of carbonyl (C=O) groups is 1. The number of rotatable bonds is 5. The number of hydrogen-bond donors (Lipinski definition) is 0. The first-order valence-corrected chi connectivity index (χ1v) is 13.3. The van der Waals surface area contributed by atoms with Gasteiger partial charge in [-0.05, 0) is 72.1 Å². The van der Waals surface area contributed by atoms with Crippen molar-refractivity contribution in [2.45, 2.75) is 32.2 Å². The quantitative estimate of drug-likeness (QED) is 0.345. The van der Waals surface area contributed by atoms with Gasteiger partial charge in [0.05, 0.1) is 11.1 Å². The molecule has 1 atom stereocenters. The molecule has 1 amide bonds. The number of hydrogen-bond acceptors (Lipinski definition) is 3. The first-order valence-electron chi connectivity index (χ1n) is 13.3. The van der Waals surface area contributed by atoms with E-state index in [0.29, 0.717) is 17.4 Å². The van der Waals surface area contributed by atoms with E-state index in [1.807, 2.05) is 12.1 Å². The van der Waals surface area contributed by atoms with Gasteiger partial charge in [0.1, 0.15) is 17.4 Å². The van der Waals surface area contributed by atoms with Crippen molar-refractivity contribution >= 4 is 23.0 Å². The molecule has 1 saturated carbocycles. The maximum atomic E-state index is 12.6. The number of allylic oxidation sites excluding steroid dienone is 1. The van der Waals surface area contributed by atoms with Gasteiger partial charge in [-0.3, -0.25) is 4.79 Å². The monoisotopic (exact) mass is 484 g/mol. The van der Waals surface area contributed by atoms with Crippen LogP contribution in [0.1, 0.15) is 36.0 Å². The number of benzene rings is 3. The van der Waals surface area contributed by atoms with Crippen LogP contribution in [0.5, 0.6) is 0 Å². The summed E-state index contributed by atoms with van der Waals surface area (Å²) in [6.45, 7) is 2.43. The topological polar surface area (TPSA) is 61.9 Å². The number of carbonyl (C=O) groups excluding carboxylic acids is 1. The summed E-state index contributed by atoms with van der Waals surface area (Å²) < 4.78 is 2.27. The molecule has 0 unspecified atom stereocenters. The molecular weight excluding hydrogens is 456 g/mol. The van der Waals surface area contributed by atoms with Crippen molar-refractivity contribution in [3.05, 3.63) is 83.4 Å². The molecule has 5 nitrogen and oxygen atoms in total. The maximum absolute atomic E-state index is 12.6. The lowest BCUT2D eigenvalue weighted by molar-refractivity contribution is -0.131. The summed E-state index contributed by atoms with van der Waals surface area (Å²) in [5, 5.41) is 9.73. The summed E-state index contributed by atoms with van der Waals surface area (Å²) in [5.41, 5.74) is 8.44. The van der Waals surface area contributed by atoms with Crippen LogP contribution >= 0.6 is 0 Å². The van der Waals surface area contributed by atoms with Crippen LogP contribution in [0.25, 0.3) is 39.6 Å². The highest BCUT2D eigenvalue weighted by atomic mass is 16.2. The highest BCUT2D eigenvalue weighted by Crippen LogP contribution is 2.35. The number of amides is 1. The second kappa shape index (κ2) is 8.74. The van der Waals surface area contributed by atoms with Gasteiger partial charge in [-0.1, -0.05) is 54.6 Å². The zero-order chi connectivity index (χ0) is 24.9. The standard InChI is InChI=1S/C32H28N4O/c33-18-28-5-2-6-29-30(28)34-31(36(29)20-21-15-16-35(19-21)32(37)25-12-13-25)24-10-7-23(8-11-24)27-14-9-22-3-1-4-26(22)17-27/h1-2,4-11,14,17,21,25H,3,12-13,15-16,19-20H2/t21-/m1/s1. The van der Waals surface area contributed by atoms with Crippen LogP contribution in [-0.2, 0) is 17.8 Å². The average molecular weight is 485 g/mol. The number of nitriles is 1. The normalized spacial score (nSPS) is 18.4. The first-order chi connectivity index (χ1) is 18.2. The van der Waals surface area contributed by atoms with Crippen LogP contribution in [0.15, 0.2) is 66.7 Å². The Hall–Kier alpha value is -4.17. The molecule has 182 valence electrons. The molecule has 2 aliphatic carbocycles. The molecule has 1 aliphatic heterocycles. The van der Waals surface area contributed by atoms with Crippen molar-refractivity contribution < 1.29 is 4.79 Å². The van der Waals surface area contributed by atoms with E-state index in [9.17, 15) is 10.1 Å². The van der Waals surface area contributed by atoms with Crippen LogP contribution in [0.4, 0.5) is 0 Å². The van der Waals surface area contributed by atoms with Crippen LogP contribution in [0.2, 0.25) is 0 Å². The zero-order valence-electron chi connectivity index (χ0n) is 20.7. The number of para-hydroxylation sites is 1. The van der Waals surface area contributed by atoms with Gasteiger partial charge in [-0.2, -0.15) is 5.26 Å². The Kier molecular flexibility index (Phi) is 5.21. The van der Waals surface area contributed by atoms with Crippen molar-refractivity contribution in [3.8, 4) is 28.6 Å². The Bertz CT molecular complexity index is 1600. The van der Waals surface area contributed by atoms with Crippen molar-refractivity contribution in [3.63, 3.8) is 0 Å². The van der Waals surface area contributed by atoms with E-state index in [2.05, 4.69) is 76.2 Å². The lowest BCUT2D eigenvalue weighted by atomic mass is 9.99. The molecule has 4 aromatic rings. The van der Waals surface area contributed by atoms with E-state index in [4.69, 9.17) is 4.98 Å². The molecule has 37 heavy (non-hydrogen) atoms. The molecule has 5 heteroatoms. The van der Waals surface area contributed by atoms with Crippen LogP contribution in [0, 0.1) is 23.2 Å². The Balaban J connectivity index is 1.23. The SMILES string of the molecule is N#Cc1cccc2c1nc(-c1ccc(-c3ccc4c(c3)C=CC4)cc1)n2C[C@@H]1CCN(C(=O)C2CC2)C1. The molecule has 0 bridgehead atoms. The van der Waals surface area contributed by atoms with E-state index in [1.165, 1.54) is 22.3 Å². The molecule has 2 heterocycles. The van der Waals surface area contributed by atoms with Crippen LogP contribution in [0.3, 0.4) is 0 Å². The number of nitrogens with zero attached hydrogens (tertiary/aromatic N) is 4. The third kappa shape index (κ3) is 3.94. The molecule has 0 spiro atoms. The number of likely N-dealkylation sites (tertiary alicyclic amines) is 1. The first kappa shape index (κ1) is 22.1. The van der Waals surface area contributed by atoms with Gasteiger partial charge in [0.2, 0.25) is 5.91 Å². The molecular formula is C32H28N4O. The summed E-state index contributed by atoms with van der Waals surface area (Å²) in [7, 11) is 0. The second-order valence-electron chi connectivity index (χ2n) is 10.6.